The van der Waals surface area contributed by atoms with Crippen LogP contribution in [0.3, 0.4) is 0 Å². The van der Waals surface area contributed by atoms with Crippen molar-refractivity contribution in [3.63, 3.8) is 0 Å². The number of ether oxygens (including phenoxy) is 1. The van der Waals surface area contributed by atoms with E-state index in [2.05, 4.69) is 9.98 Å². The summed E-state index contributed by atoms with van der Waals surface area (Å²) in [6.45, 7) is 2.39. The van der Waals surface area contributed by atoms with E-state index in [9.17, 15) is 9.90 Å². The van der Waals surface area contributed by atoms with Crippen molar-refractivity contribution >= 4 is 22.9 Å². The lowest BCUT2D eigenvalue weighted by Crippen LogP contribution is -2.27. The summed E-state index contributed by atoms with van der Waals surface area (Å²) in [5.41, 5.74) is 6.86. The molecule has 0 bridgehead atoms. The van der Waals surface area contributed by atoms with Gasteiger partial charge in [-0.1, -0.05) is 0 Å². The Hall–Kier alpha value is -2.77. The molecule has 4 rings (SSSR count). The number of allylic oxidation sites excluding steroid dienone is 2. The second kappa shape index (κ2) is 5.15. The van der Waals surface area contributed by atoms with Crippen LogP contribution in [-0.2, 0) is 17.8 Å². The summed E-state index contributed by atoms with van der Waals surface area (Å²) in [7, 11) is 0. The number of anilines is 1. The van der Waals surface area contributed by atoms with Crippen molar-refractivity contribution in [3.8, 4) is 0 Å². The minimum absolute atomic E-state index is 0.0500. The molecule has 0 atom stereocenters. The summed E-state index contributed by atoms with van der Waals surface area (Å²) in [6, 6.07) is 0. The lowest BCUT2D eigenvalue weighted by Gasteiger charge is -2.19. The molecule has 23 heavy (non-hydrogen) atoms. The first-order valence-corrected chi connectivity index (χ1v) is 7.63. The standard InChI is InChI=1S/C15H17N5O3/c16-14-13(15(22)20-5-2-1-4-19(14)20)18-9-8-12-10(7-11(9)21)17-3-6-23-12/h7-8,21H,1-6,16H2. The first-order valence-electron chi connectivity index (χ1n) is 7.63. The van der Waals surface area contributed by atoms with E-state index in [-0.39, 0.29) is 22.7 Å². The van der Waals surface area contributed by atoms with E-state index in [4.69, 9.17) is 10.5 Å². The Bertz CT molecular complexity index is 853. The number of fused-ring (bicyclic) bond motifs is 2. The van der Waals surface area contributed by atoms with E-state index in [1.165, 1.54) is 6.08 Å². The molecule has 120 valence electrons. The molecule has 0 saturated carbocycles. The second-order valence-electron chi connectivity index (χ2n) is 5.64. The number of rotatable bonds is 1. The molecular formula is C15H17N5O3. The average molecular weight is 315 g/mol. The van der Waals surface area contributed by atoms with E-state index in [0.29, 0.717) is 43.5 Å². The fourth-order valence-corrected chi connectivity index (χ4v) is 3.00. The molecule has 2 aliphatic heterocycles. The molecule has 0 fully saturated rings. The summed E-state index contributed by atoms with van der Waals surface area (Å²) in [5.74, 6) is 0.832. The first kappa shape index (κ1) is 13.9. The van der Waals surface area contributed by atoms with Crippen molar-refractivity contribution in [2.75, 3.05) is 18.9 Å². The van der Waals surface area contributed by atoms with Gasteiger partial charge in [0.2, 0.25) is 0 Å². The SMILES string of the molecule is Nc1c(N=C2C=C3OCCN=C3C=C2O)c(=O)n2n1CCCC2. The molecule has 3 N–H and O–H groups in total. The van der Waals surface area contributed by atoms with Crippen LogP contribution in [0.15, 0.2) is 38.4 Å². The predicted octanol–water partition coefficient (Wildman–Crippen LogP) is 0.909. The average Bonchev–Trinajstić information content (AvgIpc) is 2.81. The normalized spacial score (nSPS) is 21.7. The molecular weight excluding hydrogens is 298 g/mol. The third kappa shape index (κ3) is 2.18. The molecule has 8 nitrogen and oxygen atoms in total. The Balaban J connectivity index is 1.81. The van der Waals surface area contributed by atoms with Crippen LogP contribution < -0.4 is 11.3 Å². The smallest absolute Gasteiger partial charge is 0.294 e. The molecule has 0 radical (unpaired) electrons. The highest BCUT2D eigenvalue weighted by Crippen LogP contribution is 2.24. The maximum Gasteiger partial charge on any atom is 0.294 e. The third-order valence-electron chi connectivity index (χ3n) is 4.16. The van der Waals surface area contributed by atoms with Gasteiger partial charge in [-0.05, 0) is 12.8 Å². The number of nitrogens with two attached hydrogens (primary N) is 1. The number of hydrogen-bond donors (Lipinski definition) is 2. The van der Waals surface area contributed by atoms with Crippen molar-refractivity contribution in [1.29, 1.82) is 0 Å². The van der Waals surface area contributed by atoms with E-state index in [1.54, 1.807) is 15.4 Å². The number of aliphatic hydroxyl groups excluding tert-OH is 1. The van der Waals surface area contributed by atoms with Crippen molar-refractivity contribution in [2.24, 2.45) is 9.98 Å². The molecule has 8 heteroatoms. The number of aromatic nitrogens is 2. The number of aliphatic imine (C=N–C) groups is 2. The summed E-state index contributed by atoms with van der Waals surface area (Å²) >= 11 is 0. The van der Waals surface area contributed by atoms with Crippen LogP contribution in [0.1, 0.15) is 12.8 Å². The quantitative estimate of drug-likeness (QED) is 0.751. The number of nitrogen functional groups attached to an aromatic ring is 1. The van der Waals surface area contributed by atoms with E-state index in [1.807, 2.05) is 0 Å². The molecule has 3 heterocycles. The Kier molecular flexibility index (Phi) is 3.10. The Morgan fingerprint density at radius 1 is 1.26 bits per heavy atom. The molecule has 0 unspecified atom stereocenters. The summed E-state index contributed by atoms with van der Waals surface area (Å²) in [6.07, 6.45) is 5.02. The second-order valence-corrected chi connectivity index (χ2v) is 5.64. The van der Waals surface area contributed by atoms with E-state index < -0.39 is 0 Å². The molecule has 0 amide bonds. The van der Waals surface area contributed by atoms with Gasteiger partial charge < -0.3 is 15.6 Å². The maximum atomic E-state index is 12.5. The number of nitrogens with zero attached hydrogens (tertiary/aromatic N) is 4. The fourth-order valence-electron chi connectivity index (χ4n) is 3.00. The predicted molar refractivity (Wildman–Crippen MR) is 86.5 cm³/mol. The molecule has 0 aromatic carbocycles. The van der Waals surface area contributed by atoms with Gasteiger partial charge in [-0.15, -0.1) is 0 Å². The van der Waals surface area contributed by atoms with Gasteiger partial charge in [0.15, 0.2) is 11.5 Å². The minimum atomic E-state index is -0.232. The Morgan fingerprint density at radius 3 is 2.83 bits per heavy atom. The molecule has 3 aliphatic rings. The molecule has 1 aromatic heterocycles. The van der Waals surface area contributed by atoms with Gasteiger partial charge in [0.05, 0.1) is 6.54 Å². The van der Waals surface area contributed by atoms with Gasteiger partial charge in [0, 0.05) is 25.2 Å². The van der Waals surface area contributed by atoms with Gasteiger partial charge in [-0.2, -0.15) is 0 Å². The Labute approximate surface area is 131 Å². The lowest BCUT2D eigenvalue weighted by molar-refractivity contribution is 0.232. The topological polar surface area (TPSA) is 107 Å². The van der Waals surface area contributed by atoms with Crippen LogP contribution in [0.25, 0.3) is 0 Å². The van der Waals surface area contributed by atoms with Gasteiger partial charge in [0.25, 0.3) is 5.56 Å². The fraction of sp³-hybridized carbons (Fsp3) is 0.400. The maximum absolute atomic E-state index is 12.5. The Morgan fingerprint density at radius 2 is 2.04 bits per heavy atom. The summed E-state index contributed by atoms with van der Waals surface area (Å²) < 4.78 is 8.88. The van der Waals surface area contributed by atoms with Crippen LogP contribution >= 0.6 is 0 Å². The zero-order chi connectivity index (χ0) is 16.0. The number of aliphatic hydroxyl groups is 1. The number of hydrogen-bond acceptors (Lipinski definition) is 6. The molecule has 1 aromatic rings. The van der Waals surface area contributed by atoms with Crippen molar-refractivity contribution in [3.05, 3.63) is 34.0 Å². The third-order valence-corrected chi connectivity index (χ3v) is 4.16. The molecule has 0 spiro atoms. The highest BCUT2D eigenvalue weighted by atomic mass is 16.5. The highest BCUT2D eigenvalue weighted by Gasteiger charge is 2.24. The van der Waals surface area contributed by atoms with E-state index in [0.717, 1.165) is 12.8 Å². The summed E-state index contributed by atoms with van der Waals surface area (Å²) in [5, 5.41) is 10.1. The van der Waals surface area contributed by atoms with Crippen LogP contribution in [0.2, 0.25) is 0 Å². The highest BCUT2D eigenvalue weighted by molar-refractivity contribution is 6.22. The van der Waals surface area contributed by atoms with Gasteiger partial charge in [0.1, 0.15) is 29.5 Å². The van der Waals surface area contributed by atoms with Crippen LogP contribution in [0.5, 0.6) is 0 Å². The van der Waals surface area contributed by atoms with Crippen molar-refractivity contribution in [2.45, 2.75) is 25.9 Å². The van der Waals surface area contributed by atoms with Crippen molar-refractivity contribution in [1.82, 2.24) is 9.36 Å². The largest absolute Gasteiger partial charge is 0.506 e. The van der Waals surface area contributed by atoms with E-state index >= 15 is 0 Å². The molecule has 1 aliphatic carbocycles. The van der Waals surface area contributed by atoms with Crippen molar-refractivity contribution < 1.29 is 9.84 Å². The zero-order valence-electron chi connectivity index (χ0n) is 12.5. The van der Waals surface area contributed by atoms with Gasteiger partial charge in [-0.3, -0.25) is 14.5 Å². The van der Waals surface area contributed by atoms with Gasteiger partial charge >= 0.3 is 0 Å². The lowest BCUT2D eigenvalue weighted by atomic mass is 10.1. The van der Waals surface area contributed by atoms with Crippen LogP contribution in [0, 0.1) is 0 Å². The first-order chi connectivity index (χ1) is 11.1. The van der Waals surface area contributed by atoms with Crippen LogP contribution in [0.4, 0.5) is 11.5 Å². The minimum Gasteiger partial charge on any atom is -0.506 e. The van der Waals surface area contributed by atoms with Gasteiger partial charge in [-0.25, -0.2) is 9.67 Å². The van der Waals surface area contributed by atoms with Crippen LogP contribution in [-0.4, -0.2) is 39.0 Å². The monoisotopic (exact) mass is 315 g/mol. The summed E-state index contributed by atoms with van der Waals surface area (Å²) in [4.78, 5) is 21.0. The molecule has 0 saturated heterocycles. The zero-order valence-corrected chi connectivity index (χ0v) is 12.5.